The molecule has 1 amide bonds. The summed E-state index contributed by atoms with van der Waals surface area (Å²) in [6, 6.07) is 4.36. The van der Waals surface area contributed by atoms with E-state index in [1.807, 2.05) is 0 Å². The summed E-state index contributed by atoms with van der Waals surface area (Å²) in [6.45, 7) is 7.86. The van der Waals surface area contributed by atoms with E-state index < -0.39 is 0 Å². The number of benzene rings is 1. The molecule has 1 unspecified atom stereocenters. The number of hydrogen-bond acceptors (Lipinski definition) is 3. The van der Waals surface area contributed by atoms with Crippen molar-refractivity contribution in [2.24, 2.45) is 11.3 Å². The van der Waals surface area contributed by atoms with Gasteiger partial charge in [-0.2, -0.15) is 0 Å². The second-order valence-electron chi connectivity index (χ2n) is 6.27. The first-order valence-electron chi connectivity index (χ1n) is 6.61. The number of aromatic hydroxyl groups is 2. The quantitative estimate of drug-likeness (QED) is 0.818. The Morgan fingerprint density at radius 2 is 1.84 bits per heavy atom. The van der Waals surface area contributed by atoms with Gasteiger partial charge in [-0.3, -0.25) is 4.79 Å². The van der Waals surface area contributed by atoms with E-state index in [1.165, 1.54) is 18.2 Å². The van der Waals surface area contributed by atoms with Crippen LogP contribution in [-0.2, 0) is 0 Å². The van der Waals surface area contributed by atoms with Gasteiger partial charge in [0.1, 0.15) is 17.1 Å². The molecule has 0 spiro atoms. The average molecular weight is 263 g/mol. The molecule has 0 aliphatic carbocycles. The lowest BCUT2D eigenvalue weighted by Crippen LogP contribution is -2.31. The molecule has 2 N–H and O–H groups in total. The van der Waals surface area contributed by atoms with Crippen molar-refractivity contribution in [2.75, 3.05) is 13.1 Å². The van der Waals surface area contributed by atoms with E-state index in [-0.39, 0.29) is 28.4 Å². The van der Waals surface area contributed by atoms with Crippen LogP contribution >= 0.6 is 0 Å². The summed E-state index contributed by atoms with van der Waals surface area (Å²) >= 11 is 0. The molecule has 0 saturated carbocycles. The summed E-state index contributed by atoms with van der Waals surface area (Å²) in [7, 11) is 0. The van der Waals surface area contributed by atoms with Crippen molar-refractivity contribution < 1.29 is 15.0 Å². The van der Waals surface area contributed by atoms with Crippen LogP contribution in [0.25, 0.3) is 0 Å². The van der Waals surface area contributed by atoms with E-state index >= 15 is 0 Å². The topological polar surface area (TPSA) is 60.8 Å². The summed E-state index contributed by atoms with van der Waals surface area (Å²) in [5, 5.41) is 19.5. The molecule has 1 aromatic carbocycles. The number of phenols is 2. The molecule has 4 heteroatoms. The van der Waals surface area contributed by atoms with Gasteiger partial charge in [-0.1, -0.05) is 26.8 Å². The molecule has 1 saturated heterocycles. The van der Waals surface area contributed by atoms with E-state index in [0.717, 1.165) is 6.42 Å². The van der Waals surface area contributed by atoms with Crippen molar-refractivity contribution in [3.05, 3.63) is 23.8 Å². The molecule has 1 atom stereocenters. The van der Waals surface area contributed by atoms with E-state index in [2.05, 4.69) is 20.8 Å². The zero-order valence-electron chi connectivity index (χ0n) is 11.7. The third kappa shape index (κ3) is 2.67. The highest BCUT2D eigenvalue weighted by Crippen LogP contribution is 2.36. The molecule has 1 fully saturated rings. The first-order valence-corrected chi connectivity index (χ1v) is 6.61. The molecule has 1 aromatic rings. The van der Waals surface area contributed by atoms with Crippen molar-refractivity contribution in [3.8, 4) is 11.5 Å². The molecule has 104 valence electrons. The number of nitrogens with zero attached hydrogens (tertiary/aromatic N) is 1. The van der Waals surface area contributed by atoms with Crippen molar-refractivity contribution in [1.29, 1.82) is 0 Å². The second kappa shape index (κ2) is 4.76. The minimum Gasteiger partial charge on any atom is -0.507 e. The smallest absolute Gasteiger partial charge is 0.261 e. The fraction of sp³-hybridized carbons (Fsp3) is 0.533. The third-order valence-corrected chi connectivity index (χ3v) is 3.93. The van der Waals surface area contributed by atoms with Gasteiger partial charge in [0.15, 0.2) is 0 Å². The Hall–Kier alpha value is -1.71. The number of amides is 1. The SMILES string of the molecule is CC(C)(C)C1CCN(C(=O)c2c(O)cccc2O)C1. The molecule has 0 bridgehead atoms. The zero-order chi connectivity index (χ0) is 14.2. The Kier molecular flexibility index (Phi) is 3.43. The van der Waals surface area contributed by atoms with Gasteiger partial charge < -0.3 is 15.1 Å². The van der Waals surface area contributed by atoms with Crippen molar-refractivity contribution in [3.63, 3.8) is 0 Å². The molecule has 1 aliphatic heterocycles. The van der Waals surface area contributed by atoms with Gasteiger partial charge in [0.25, 0.3) is 5.91 Å². The van der Waals surface area contributed by atoms with E-state index in [9.17, 15) is 15.0 Å². The minimum atomic E-state index is -0.289. The van der Waals surface area contributed by atoms with Crippen LogP contribution in [-0.4, -0.2) is 34.1 Å². The molecular weight excluding hydrogens is 242 g/mol. The molecule has 1 heterocycles. The van der Waals surface area contributed by atoms with Crippen LogP contribution in [0, 0.1) is 11.3 Å². The number of carbonyl (C=O) groups is 1. The summed E-state index contributed by atoms with van der Waals surface area (Å²) in [4.78, 5) is 14.1. The molecule has 4 nitrogen and oxygen atoms in total. The Balaban J connectivity index is 2.19. The van der Waals surface area contributed by atoms with Crippen LogP contribution in [0.2, 0.25) is 0 Å². The lowest BCUT2D eigenvalue weighted by atomic mass is 9.80. The van der Waals surface area contributed by atoms with Crippen LogP contribution in [0.3, 0.4) is 0 Å². The van der Waals surface area contributed by atoms with E-state index in [1.54, 1.807) is 4.90 Å². The van der Waals surface area contributed by atoms with Crippen LogP contribution in [0.1, 0.15) is 37.6 Å². The van der Waals surface area contributed by atoms with E-state index in [0.29, 0.717) is 19.0 Å². The predicted molar refractivity (Wildman–Crippen MR) is 73.2 cm³/mol. The van der Waals surface area contributed by atoms with Gasteiger partial charge in [0.05, 0.1) is 0 Å². The van der Waals surface area contributed by atoms with Gasteiger partial charge in [-0.25, -0.2) is 0 Å². The van der Waals surface area contributed by atoms with Crippen molar-refractivity contribution in [1.82, 2.24) is 4.90 Å². The average Bonchev–Trinajstić information content (AvgIpc) is 2.77. The number of rotatable bonds is 1. The number of likely N-dealkylation sites (tertiary alicyclic amines) is 1. The van der Waals surface area contributed by atoms with Crippen LogP contribution in [0.15, 0.2) is 18.2 Å². The minimum absolute atomic E-state index is 0.0112. The summed E-state index contributed by atoms with van der Waals surface area (Å²) in [5.41, 5.74) is 0.174. The highest BCUT2D eigenvalue weighted by atomic mass is 16.3. The summed E-state index contributed by atoms with van der Waals surface area (Å²) in [6.07, 6.45) is 0.962. The zero-order valence-corrected chi connectivity index (χ0v) is 11.7. The Labute approximate surface area is 113 Å². The van der Waals surface area contributed by atoms with Gasteiger partial charge in [0.2, 0.25) is 0 Å². The molecular formula is C15H21NO3. The van der Waals surface area contributed by atoms with Crippen LogP contribution in [0.5, 0.6) is 11.5 Å². The van der Waals surface area contributed by atoms with Crippen molar-refractivity contribution >= 4 is 5.91 Å². The summed E-state index contributed by atoms with van der Waals surface area (Å²) < 4.78 is 0. The number of hydrogen-bond donors (Lipinski definition) is 2. The monoisotopic (exact) mass is 263 g/mol. The maximum Gasteiger partial charge on any atom is 0.261 e. The van der Waals surface area contributed by atoms with Crippen LogP contribution in [0.4, 0.5) is 0 Å². The predicted octanol–water partition coefficient (Wildman–Crippen LogP) is 2.61. The Morgan fingerprint density at radius 1 is 1.26 bits per heavy atom. The van der Waals surface area contributed by atoms with Gasteiger partial charge in [0, 0.05) is 13.1 Å². The first-order chi connectivity index (χ1) is 8.80. The molecule has 0 aromatic heterocycles. The second-order valence-corrected chi connectivity index (χ2v) is 6.27. The number of phenolic OH excluding ortho intramolecular Hbond substituents is 2. The Bertz CT molecular complexity index is 470. The van der Waals surface area contributed by atoms with Gasteiger partial charge >= 0.3 is 0 Å². The lowest BCUT2D eigenvalue weighted by molar-refractivity contribution is 0.0770. The summed E-state index contributed by atoms with van der Waals surface area (Å²) in [5.74, 6) is -0.166. The fourth-order valence-corrected chi connectivity index (χ4v) is 2.56. The molecule has 2 rings (SSSR count). The van der Waals surface area contributed by atoms with Crippen molar-refractivity contribution in [2.45, 2.75) is 27.2 Å². The van der Waals surface area contributed by atoms with Gasteiger partial charge in [-0.05, 0) is 29.9 Å². The highest BCUT2D eigenvalue weighted by Gasteiger charge is 2.35. The Morgan fingerprint density at radius 3 is 2.32 bits per heavy atom. The molecule has 0 radical (unpaired) electrons. The van der Waals surface area contributed by atoms with E-state index in [4.69, 9.17) is 0 Å². The maximum absolute atomic E-state index is 12.4. The first kappa shape index (κ1) is 13.7. The standard InChI is InChI=1S/C15H21NO3/c1-15(2,3)10-7-8-16(9-10)14(19)13-11(17)5-4-6-12(13)18/h4-6,10,17-18H,7-9H2,1-3H3. The number of carbonyl (C=O) groups excluding carboxylic acids is 1. The molecule has 19 heavy (non-hydrogen) atoms. The lowest BCUT2D eigenvalue weighted by Gasteiger charge is -2.27. The normalized spacial score (nSPS) is 19.7. The fourth-order valence-electron chi connectivity index (χ4n) is 2.56. The third-order valence-electron chi connectivity index (χ3n) is 3.93. The molecule has 1 aliphatic rings. The van der Waals surface area contributed by atoms with Gasteiger partial charge in [-0.15, -0.1) is 0 Å². The highest BCUT2D eigenvalue weighted by molar-refractivity contribution is 5.99. The largest absolute Gasteiger partial charge is 0.507 e. The maximum atomic E-state index is 12.4. The van der Waals surface area contributed by atoms with Crippen LogP contribution < -0.4 is 0 Å².